The van der Waals surface area contributed by atoms with Gasteiger partial charge in [-0.25, -0.2) is 0 Å². The number of non-ortho nitro benzene ring substituents is 1. The van der Waals surface area contributed by atoms with Gasteiger partial charge in [0.1, 0.15) is 5.75 Å². The first-order valence-electron chi connectivity index (χ1n) is 8.31. The second-order valence-electron chi connectivity index (χ2n) is 6.21. The molecule has 0 heterocycles. The fourth-order valence-corrected chi connectivity index (χ4v) is 2.85. The minimum Gasteiger partial charge on any atom is -0.494 e. The summed E-state index contributed by atoms with van der Waals surface area (Å²) in [5.74, 6) is -0.842. The summed E-state index contributed by atoms with van der Waals surface area (Å²) in [7, 11) is 1.34. The van der Waals surface area contributed by atoms with Crippen LogP contribution in [-0.4, -0.2) is 30.5 Å². The number of carbonyl (C=O) groups is 2. The number of methoxy groups -OCH3 is 1. The van der Waals surface area contributed by atoms with Crippen LogP contribution in [0, 0.1) is 10.1 Å². The van der Waals surface area contributed by atoms with Gasteiger partial charge in [0.25, 0.3) is 11.6 Å². The Morgan fingerprint density at radius 2 is 1.89 bits per heavy atom. The molecule has 2 aromatic rings. The van der Waals surface area contributed by atoms with Crippen molar-refractivity contribution >= 4 is 23.3 Å². The summed E-state index contributed by atoms with van der Waals surface area (Å²) in [6, 6.07) is 13.1. The number of esters is 1. The number of hydrogen-bond acceptors (Lipinski definition) is 6. The summed E-state index contributed by atoms with van der Waals surface area (Å²) >= 11 is 0. The summed E-state index contributed by atoms with van der Waals surface area (Å²) in [6.45, 7) is -0.451. The third kappa shape index (κ3) is 3.89. The third-order valence-corrected chi connectivity index (χ3v) is 4.47. The predicted octanol–water partition coefficient (Wildman–Crippen LogP) is 2.82. The average Bonchev–Trinajstić information content (AvgIpc) is 3.49. The lowest BCUT2D eigenvalue weighted by molar-refractivity contribution is -0.384. The molecule has 1 aliphatic carbocycles. The molecule has 0 unspecified atom stereocenters. The Hall–Kier alpha value is -3.42. The second kappa shape index (κ2) is 7.45. The molecule has 27 heavy (non-hydrogen) atoms. The summed E-state index contributed by atoms with van der Waals surface area (Å²) in [5.41, 5.74) is 0.322. The van der Waals surface area contributed by atoms with E-state index in [2.05, 4.69) is 5.32 Å². The zero-order valence-electron chi connectivity index (χ0n) is 14.6. The highest BCUT2D eigenvalue weighted by Gasteiger charge is 2.52. The second-order valence-corrected chi connectivity index (χ2v) is 6.21. The molecular weight excluding hydrogens is 352 g/mol. The molecule has 8 nitrogen and oxygen atoms in total. The van der Waals surface area contributed by atoms with E-state index in [1.807, 2.05) is 30.3 Å². The first-order valence-corrected chi connectivity index (χ1v) is 8.31. The Labute approximate surface area is 155 Å². The van der Waals surface area contributed by atoms with Crippen LogP contribution in [0.4, 0.5) is 11.4 Å². The van der Waals surface area contributed by atoms with Crippen molar-refractivity contribution in [3.05, 3.63) is 64.2 Å². The van der Waals surface area contributed by atoms with Crippen LogP contribution in [-0.2, 0) is 19.7 Å². The molecule has 1 N–H and O–H groups in total. The molecule has 3 rings (SSSR count). The number of nitro groups is 1. The van der Waals surface area contributed by atoms with Gasteiger partial charge in [0.15, 0.2) is 6.61 Å². The third-order valence-electron chi connectivity index (χ3n) is 4.47. The van der Waals surface area contributed by atoms with E-state index in [4.69, 9.17) is 9.47 Å². The molecule has 1 saturated carbocycles. The van der Waals surface area contributed by atoms with Crippen molar-refractivity contribution in [1.29, 1.82) is 0 Å². The Kier molecular flexibility index (Phi) is 5.07. The van der Waals surface area contributed by atoms with Gasteiger partial charge in [-0.15, -0.1) is 0 Å². The largest absolute Gasteiger partial charge is 0.494 e. The van der Waals surface area contributed by atoms with Crippen LogP contribution >= 0.6 is 0 Å². The monoisotopic (exact) mass is 370 g/mol. The van der Waals surface area contributed by atoms with Gasteiger partial charge >= 0.3 is 5.97 Å². The number of nitrogens with zero attached hydrogens (tertiary/aromatic N) is 1. The van der Waals surface area contributed by atoms with E-state index >= 15 is 0 Å². The van der Waals surface area contributed by atoms with E-state index in [0.29, 0.717) is 12.8 Å². The molecule has 140 valence electrons. The highest BCUT2D eigenvalue weighted by atomic mass is 16.6. The summed E-state index contributed by atoms with van der Waals surface area (Å²) in [5, 5.41) is 13.3. The number of anilines is 1. The number of ether oxygens (including phenoxy) is 2. The van der Waals surface area contributed by atoms with Crippen molar-refractivity contribution in [2.24, 2.45) is 0 Å². The zero-order chi connectivity index (χ0) is 19.4. The zero-order valence-corrected chi connectivity index (χ0v) is 14.6. The van der Waals surface area contributed by atoms with Crippen molar-refractivity contribution in [3.8, 4) is 5.75 Å². The smallest absolute Gasteiger partial charge is 0.317 e. The van der Waals surface area contributed by atoms with Crippen LogP contribution in [0.2, 0.25) is 0 Å². The molecule has 0 spiro atoms. The number of rotatable bonds is 7. The van der Waals surface area contributed by atoms with E-state index in [0.717, 1.165) is 5.56 Å². The molecule has 0 saturated heterocycles. The molecule has 0 aliphatic heterocycles. The van der Waals surface area contributed by atoms with Crippen LogP contribution in [0.1, 0.15) is 18.4 Å². The Morgan fingerprint density at radius 3 is 2.48 bits per heavy atom. The molecule has 0 atom stereocenters. The van der Waals surface area contributed by atoms with Gasteiger partial charge in [-0.2, -0.15) is 0 Å². The van der Waals surface area contributed by atoms with E-state index in [1.54, 1.807) is 0 Å². The molecule has 1 amide bonds. The van der Waals surface area contributed by atoms with Crippen molar-refractivity contribution in [3.63, 3.8) is 0 Å². The lowest BCUT2D eigenvalue weighted by Crippen LogP contribution is -2.28. The Balaban J connectivity index is 1.60. The van der Waals surface area contributed by atoms with Gasteiger partial charge in [-0.1, -0.05) is 30.3 Å². The average molecular weight is 370 g/mol. The number of nitro benzene ring substituents is 1. The van der Waals surface area contributed by atoms with Crippen LogP contribution in [0.15, 0.2) is 48.5 Å². The fraction of sp³-hybridized carbons (Fsp3) is 0.263. The normalized spacial score (nSPS) is 14.1. The van der Waals surface area contributed by atoms with Gasteiger partial charge in [-0.3, -0.25) is 19.7 Å². The lowest BCUT2D eigenvalue weighted by Gasteiger charge is -2.15. The SMILES string of the molecule is COc1cc([N+](=O)[O-])ccc1NC(=O)COC(=O)C1(c2ccccc2)CC1. The van der Waals surface area contributed by atoms with Gasteiger partial charge in [0.2, 0.25) is 0 Å². The van der Waals surface area contributed by atoms with Crippen LogP contribution in [0.25, 0.3) is 0 Å². The summed E-state index contributed by atoms with van der Waals surface area (Å²) < 4.78 is 10.3. The summed E-state index contributed by atoms with van der Waals surface area (Å²) in [4.78, 5) is 34.8. The Morgan fingerprint density at radius 1 is 1.19 bits per heavy atom. The Bertz CT molecular complexity index is 877. The molecule has 2 aromatic carbocycles. The lowest BCUT2D eigenvalue weighted by atomic mass is 9.96. The minimum absolute atomic E-state index is 0.145. The van der Waals surface area contributed by atoms with Crippen LogP contribution in [0.5, 0.6) is 5.75 Å². The highest BCUT2D eigenvalue weighted by Crippen LogP contribution is 2.49. The van der Waals surface area contributed by atoms with Crippen molar-refractivity contribution in [2.75, 3.05) is 19.0 Å². The maximum Gasteiger partial charge on any atom is 0.317 e. The highest BCUT2D eigenvalue weighted by molar-refractivity contribution is 5.95. The van der Waals surface area contributed by atoms with E-state index in [-0.39, 0.29) is 17.1 Å². The maximum absolute atomic E-state index is 12.4. The molecule has 0 aromatic heterocycles. The van der Waals surface area contributed by atoms with Crippen LogP contribution in [0.3, 0.4) is 0 Å². The van der Waals surface area contributed by atoms with Crippen molar-refractivity contribution in [2.45, 2.75) is 18.3 Å². The van der Waals surface area contributed by atoms with Gasteiger partial charge in [0.05, 0.1) is 29.2 Å². The van der Waals surface area contributed by atoms with Crippen LogP contribution < -0.4 is 10.1 Å². The maximum atomic E-state index is 12.4. The van der Waals surface area contributed by atoms with E-state index < -0.39 is 28.8 Å². The number of hydrogen-bond donors (Lipinski definition) is 1. The number of carbonyl (C=O) groups excluding carboxylic acids is 2. The first kappa shape index (κ1) is 18.4. The standard InChI is InChI=1S/C19H18N2O6/c1-26-16-11-14(21(24)25)7-8-15(16)20-17(22)12-27-18(23)19(9-10-19)13-5-3-2-4-6-13/h2-8,11H,9-10,12H2,1H3,(H,20,22). The minimum atomic E-state index is -0.660. The quantitative estimate of drug-likeness (QED) is 0.456. The molecule has 1 fully saturated rings. The number of amides is 1. The molecule has 8 heteroatoms. The van der Waals surface area contributed by atoms with Gasteiger partial charge in [-0.05, 0) is 24.5 Å². The van der Waals surface area contributed by atoms with Crippen molar-refractivity contribution in [1.82, 2.24) is 0 Å². The number of benzene rings is 2. The molecule has 0 bridgehead atoms. The van der Waals surface area contributed by atoms with Gasteiger partial charge in [0, 0.05) is 6.07 Å². The predicted molar refractivity (Wildman–Crippen MR) is 96.6 cm³/mol. The first-order chi connectivity index (χ1) is 13.0. The fourth-order valence-electron chi connectivity index (χ4n) is 2.85. The molecule has 0 radical (unpaired) electrons. The van der Waals surface area contributed by atoms with E-state index in [9.17, 15) is 19.7 Å². The molecule has 1 aliphatic rings. The topological polar surface area (TPSA) is 108 Å². The molecular formula is C19H18N2O6. The number of nitrogens with one attached hydrogen (secondary N) is 1. The van der Waals surface area contributed by atoms with Gasteiger partial charge < -0.3 is 14.8 Å². The van der Waals surface area contributed by atoms with E-state index in [1.165, 1.54) is 25.3 Å². The summed E-state index contributed by atoms with van der Waals surface area (Å²) in [6.07, 6.45) is 1.38. The van der Waals surface area contributed by atoms with Crippen molar-refractivity contribution < 1.29 is 24.0 Å².